The molecule has 1 aliphatic rings. The molecule has 0 radical (unpaired) electrons. The van der Waals surface area contributed by atoms with Gasteiger partial charge in [-0.25, -0.2) is 13.2 Å². The van der Waals surface area contributed by atoms with Gasteiger partial charge in [-0.3, -0.25) is 14.4 Å². The Balaban J connectivity index is 1.82. The van der Waals surface area contributed by atoms with E-state index < -0.39 is 47.1 Å². The van der Waals surface area contributed by atoms with E-state index in [9.17, 15) is 27.6 Å². The largest absolute Gasteiger partial charge is 0.368 e. The summed E-state index contributed by atoms with van der Waals surface area (Å²) < 4.78 is 40.5. The Morgan fingerprint density at radius 2 is 1.76 bits per heavy atom. The van der Waals surface area contributed by atoms with E-state index in [0.717, 1.165) is 28.0 Å². The number of carbonyl (C=O) groups is 3. The smallest absolute Gasteiger partial charge is 0.244 e. The van der Waals surface area contributed by atoms with E-state index in [4.69, 9.17) is 5.73 Å². The Labute approximate surface area is 164 Å². The highest BCUT2D eigenvalue weighted by Gasteiger charge is 2.39. The summed E-state index contributed by atoms with van der Waals surface area (Å²) in [6, 6.07) is 6.58. The van der Waals surface area contributed by atoms with Gasteiger partial charge in [-0.05, 0) is 29.8 Å². The number of anilines is 1. The fourth-order valence-corrected chi connectivity index (χ4v) is 3.49. The van der Waals surface area contributed by atoms with Crippen molar-refractivity contribution >= 4 is 23.4 Å². The lowest BCUT2D eigenvalue weighted by atomic mass is 10.0. The van der Waals surface area contributed by atoms with Crippen molar-refractivity contribution < 1.29 is 27.6 Å². The highest BCUT2D eigenvalue weighted by atomic mass is 19.1. The van der Waals surface area contributed by atoms with Crippen LogP contribution in [0.25, 0.3) is 0 Å². The van der Waals surface area contributed by atoms with Gasteiger partial charge in [-0.1, -0.05) is 12.1 Å². The predicted octanol–water partition coefficient (Wildman–Crippen LogP) is 2.14. The quantitative estimate of drug-likeness (QED) is 0.827. The van der Waals surface area contributed by atoms with Gasteiger partial charge in [0.2, 0.25) is 17.7 Å². The number of amides is 3. The van der Waals surface area contributed by atoms with Crippen LogP contribution in [-0.4, -0.2) is 36.2 Å². The zero-order valence-electron chi connectivity index (χ0n) is 15.4. The van der Waals surface area contributed by atoms with Crippen LogP contribution >= 0.6 is 0 Å². The fraction of sp³-hybridized carbons (Fsp3) is 0.250. The van der Waals surface area contributed by atoms with Crippen molar-refractivity contribution in [3.63, 3.8) is 0 Å². The van der Waals surface area contributed by atoms with Crippen LogP contribution in [0.5, 0.6) is 0 Å². The molecule has 0 aromatic heterocycles. The van der Waals surface area contributed by atoms with Crippen molar-refractivity contribution in [3.8, 4) is 0 Å². The van der Waals surface area contributed by atoms with Crippen LogP contribution < -0.4 is 10.6 Å². The molecular formula is C20H18F3N3O3. The summed E-state index contributed by atoms with van der Waals surface area (Å²) in [7, 11) is 1.33. The Morgan fingerprint density at radius 3 is 2.34 bits per heavy atom. The van der Waals surface area contributed by atoms with Crippen molar-refractivity contribution in [1.82, 2.24) is 4.90 Å². The molecule has 0 spiro atoms. The number of halogens is 3. The molecule has 1 heterocycles. The van der Waals surface area contributed by atoms with Gasteiger partial charge in [-0.15, -0.1) is 0 Å². The summed E-state index contributed by atoms with van der Waals surface area (Å²) in [6.07, 6.45) is -0.198. The second kappa shape index (κ2) is 7.94. The molecule has 0 bridgehead atoms. The summed E-state index contributed by atoms with van der Waals surface area (Å²) in [5.74, 6) is -5.05. The van der Waals surface area contributed by atoms with Crippen molar-refractivity contribution in [3.05, 3.63) is 65.5 Å². The average molecular weight is 405 g/mol. The van der Waals surface area contributed by atoms with Gasteiger partial charge in [0.1, 0.15) is 23.5 Å². The lowest BCUT2D eigenvalue weighted by Crippen LogP contribution is -2.42. The summed E-state index contributed by atoms with van der Waals surface area (Å²) in [6.45, 7) is -0.112. The summed E-state index contributed by atoms with van der Waals surface area (Å²) in [4.78, 5) is 39.3. The third-order valence-electron chi connectivity index (χ3n) is 4.80. The van der Waals surface area contributed by atoms with Gasteiger partial charge >= 0.3 is 0 Å². The first-order chi connectivity index (χ1) is 13.7. The normalized spacial score (nSPS) is 17.3. The Bertz CT molecular complexity index is 962. The summed E-state index contributed by atoms with van der Waals surface area (Å²) in [5, 5.41) is 0. The van der Waals surface area contributed by atoms with E-state index in [-0.39, 0.29) is 24.2 Å². The maximum Gasteiger partial charge on any atom is 0.244 e. The molecule has 0 aliphatic carbocycles. The molecule has 2 atom stereocenters. The second-order valence-corrected chi connectivity index (χ2v) is 6.84. The molecule has 152 valence electrons. The number of nitrogens with two attached hydrogens (primary N) is 1. The molecule has 1 aliphatic heterocycles. The third kappa shape index (κ3) is 4.23. The predicted molar refractivity (Wildman–Crippen MR) is 97.9 cm³/mol. The van der Waals surface area contributed by atoms with E-state index in [2.05, 4.69) is 0 Å². The van der Waals surface area contributed by atoms with E-state index in [1.165, 1.54) is 25.2 Å². The molecule has 29 heavy (non-hydrogen) atoms. The zero-order chi connectivity index (χ0) is 21.3. The third-order valence-corrected chi connectivity index (χ3v) is 4.80. The SMILES string of the molecule is CN(C(=O)C1CC(=O)N(c2cc(F)cc(F)c2)C1)C(C(N)=O)c1cccc(F)c1. The van der Waals surface area contributed by atoms with Gasteiger partial charge in [0.05, 0.1) is 5.92 Å². The Hall–Kier alpha value is -3.36. The molecule has 0 saturated carbocycles. The lowest BCUT2D eigenvalue weighted by molar-refractivity contribution is -0.141. The van der Waals surface area contributed by atoms with Crippen molar-refractivity contribution in [2.75, 3.05) is 18.5 Å². The number of hydrogen-bond donors (Lipinski definition) is 1. The Kier molecular flexibility index (Phi) is 5.58. The van der Waals surface area contributed by atoms with Gasteiger partial charge in [0.25, 0.3) is 0 Å². The number of rotatable bonds is 5. The highest BCUT2D eigenvalue weighted by Crippen LogP contribution is 2.29. The van der Waals surface area contributed by atoms with Gasteiger partial charge in [0, 0.05) is 31.8 Å². The minimum absolute atomic E-state index is 0.00188. The summed E-state index contributed by atoms with van der Waals surface area (Å²) >= 11 is 0. The van der Waals surface area contributed by atoms with Crippen LogP contribution in [0, 0.1) is 23.4 Å². The van der Waals surface area contributed by atoms with E-state index in [1.54, 1.807) is 0 Å². The number of benzene rings is 2. The van der Waals surface area contributed by atoms with Crippen LogP contribution in [0.4, 0.5) is 18.9 Å². The van der Waals surface area contributed by atoms with Gasteiger partial charge in [0.15, 0.2) is 0 Å². The zero-order valence-corrected chi connectivity index (χ0v) is 15.4. The van der Waals surface area contributed by atoms with E-state index in [0.29, 0.717) is 6.07 Å². The van der Waals surface area contributed by atoms with Crippen LogP contribution in [-0.2, 0) is 14.4 Å². The van der Waals surface area contributed by atoms with Crippen LogP contribution in [0.1, 0.15) is 18.0 Å². The molecule has 3 rings (SSSR count). The number of likely N-dealkylation sites (N-methyl/N-ethyl adjacent to an activating group) is 1. The maximum atomic E-state index is 13.5. The van der Waals surface area contributed by atoms with Crippen molar-refractivity contribution in [2.24, 2.45) is 11.7 Å². The maximum absolute atomic E-state index is 13.5. The molecule has 3 amide bonds. The molecule has 2 unspecified atom stereocenters. The lowest BCUT2D eigenvalue weighted by Gasteiger charge is -2.28. The molecule has 2 aromatic rings. The molecule has 1 saturated heterocycles. The molecule has 2 aromatic carbocycles. The van der Waals surface area contributed by atoms with Crippen LogP contribution in [0.15, 0.2) is 42.5 Å². The van der Waals surface area contributed by atoms with E-state index in [1.807, 2.05) is 0 Å². The number of nitrogens with zero attached hydrogens (tertiary/aromatic N) is 2. The highest BCUT2D eigenvalue weighted by molar-refractivity contribution is 6.01. The Morgan fingerprint density at radius 1 is 1.10 bits per heavy atom. The first-order valence-electron chi connectivity index (χ1n) is 8.75. The van der Waals surface area contributed by atoms with Gasteiger partial charge < -0.3 is 15.5 Å². The molecule has 9 heteroatoms. The fourth-order valence-electron chi connectivity index (χ4n) is 3.49. The number of carbonyl (C=O) groups excluding carboxylic acids is 3. The summed E-state index contributed by atoms with van der Waals surface area (Å²) in [5.41, 5.74) is 5.62. The van der Waals surface area contributed by atoms with Crippen LogP contribution in [0.2, 0.25) is 0 Å². The average Bonchev–Trinajstić information content (AvgIpc) is 3.02. The van der Waals surface area contributed by atoms with E-state index >= 15 is 0 Å². The molecule has 6 nitrogen and oxygen atoms in total. The molecule has 1 fully saturated rings. The van der Waals surface area contributed by atoms with Crippen LogP contribution in [0.3, 0.4) is 0 Å². The van der Waals surface area contributed by atoms with Crippen molar-refractivity contribution in [1.29, 1.82) is 0 Å². The molecular weight excluding hydrogens is 387 g/mol. The first kappa shape index (κ1) is 20.4. The van der Waals surface area contributed by atoms with Gasteiger partial charge in [-0.2, -0.15) is 0 Å². The van der Waals surface area contributed by atoms with Crippen molar-refractivity contribution in [2.45, 2.75) is 12.5 Å². The second-order valence-electron chi connectivity index (χ2n) is 6.84. The first-order valence-corrected chi connectivity index (χ1v) is 8.75. The topological polar surface area (TPSA) is 83.7 Å². The minimum Gasteiger partial charge on any atom is -0.368 e. The standard InChI is InChI=1S/C20H18F3N3O3/c1-25(18(19(24)28)11-3-2-4-13(21)5-11)20(29)12-6-17(27)26(10-12)16-8-14(22)7-15(23)9-16/h2-5,7-9,12,18H,6,10H2,1H3,(H2,24,28). The minimum atomic E-state index is -1.23. The number of primary amides is 1. The number of hydrogen-bond acceptors (Lipinski definition) is 3. The monoisotopic (exact) mass is 405 g/mol. The molecule has 2 N–H and O–H groups in total.